The third-order valence-corrected chi connectivity index (χ3v) is 2.36. The van der Waals surface area contributed by atoms with Crippen LogP contribution in [-0.2, 0) is 0 Å². The van der Waals surface area contributed by atoms with Gasteiger partial charge in [-0.1, -0.05) is 13.0 Å². The van der Waals surface area contributed by atoms with E-state index >= 15 is 0 Å². The number of rotatable bonds is 3. The van der Waals surface area contributed by atoms with Gasteiger partial charge in [-0.2, -0.15) is 0 Å². The zero-order valence-electron chi connectivity index (χ0n) is 9.37. The second-order valence-corrected chi connectivity index (χ2v) is 4.04. The molecule has 0 bridgehead atoms. The molecular formula is C11H17N3S. The lowest BCUT2D eigenvalue weighted by molar-refractivity contribution is 0.646. The zero-order valence-corrected chi connectivity index (χ0v) is 10.2. The summed E-state index contributed by atoms with van der Waals surface area (Å²) in [5.41, 5.74) is 1.14. The molecular weight excluding hydrogens is 206 g/mol. The van der Waals surface area contributed by atoms with Gasteiger partial charge in [0.2, 0.25) is 0 Å². The molecule has 0 aliphatic carbocycles. The van der Waals surface area contributed by atoms with Crippen LogP contribution in [0.5, 0.6) is 0 Å². The van der Waals surface area contributed by atoms with Crippen LogP contribution in [0.2, 0.25) is 0 Å². The molecule has 4 heteroatoms. The van der Waals surface area contributed by atoms with Gasteiger partial charge in [-0.05, 0) is 44.1 Å². The third kappa shape index (κ3) is 4.25. The molecule has 1 aromatic rings. The van der Waals surface area contributed by atoms with Gasteiger partial charge in [0.15, 0.2) is 5.11 Å². The molecule has 0 saturated carbocycles. The van der Waals surface area contributed by atoms with E-state index in [0.717, 1.165) is 17.8 Å². The number of nitrogens with zero attached hydrogens (tertiary/aromatic N) is 1. The van der Waals surface area contributed by atoms with Gasteiger partial charge < -0.3 is 10.6 Å². The molecule has 1 aromatic heterocycles. The van der Waals surface area contributed by atoms with E-state index in [9.17, 15) is 0 Å². The van der Waals surface area contributed by atoms with E-state index < -0.39 is 0 Å². The molecule has 0 amide bonds. The minimum Gasteiger partial charge on any atom is -0.360 e. The van der Waals surface area contributed by atoms with Gasteiger partial charge >= 0.3 is 0 Å². The fraction of sp³-hybridized carbons (Fsp3) is 0.455. The molecule has 1 unspecified atom stereocenters. The van der Waals surface area contributed by atoms with E-state index in [1.54, 1.807) is 0 Å². The lowest BCUT2D eigenvalue weighted by Crippen LogP contribution is -2.35. The number of thiocarbonyl (C=S) groups is 1. The Morgan fingerprint density at radius 2 is 2.27 bits per heavy atom. The topological polar surface area (TPSA) is 37.0 Å². The van der Waals surface area contributed by atoms with Crippen LogP contribution in [0.15, 0.2) is 18.3 Å². The summed E-state index contributed by atoms with van der Waals surface area (Å²) in [5, 5.41) is 6.84. The van der Waals surface area contributed by atoms with Crippen LogP contribution in [0.25, 0.3) is 0 Å². The van der Waals surface area contributed by atoms with E-state index in [1.807, 2.05) is 25.3 Å². The third-order valence-electron chi connectivity index (χ3n) is 2.14. The number of pyridine rings is 1. The maximum absolute atomic E-state index is 5.15. The van der Waals surface area contributed by atoms with Crippen LogP contribution in [0.4, 0.5) is 5.82 Å². The molecule has 15 heavy (non-hydrogen) atoms. The Balaban J connectivity index is 2.48. The van der Waals surface area contributed by atoms with Crippen LogP contribution in [-0.4, -0.2) is 16.1 Å². The maximum atomic E-state index is 5.15. The number of aryl methyl sites for hydroxylation is 1. The number of anilines is 1. The van der Waals surface area contributed by atoms with Crippen molar-refractivity contribution in [3.8, 4) is 0 Å². The molecule has 82 valence electrons. The molecule has 0 fully saturated rings. The monoisotopic (exact) mass is 223 g/mol. The van der Waals surface area contributed by atoms with Crippen LogP contribution in [0.1, 0.15) is 25.8 Å². The van der Waals surface area contributed by atoms with Crippen LogP contribution >= 0.6 is 12.2 Å². The predicted molar refractivity (Wildman–Crippen MR) is 68.1 cm³/mol. The van der Waals surface area contributed by atoms with E-state index in [2.05, 4.69) is 29.5 Å². The normalized spacial score (nSPS) is 11.9. The van der Waals surface area contributed by atoms with Crippen molar-refractivity contribution < 1.29 is 0 Å². The van der Waals surface area contributed by atoms with E-state index in [-0.39, 0.29) is 0 Å². The first-order valence-electron chi connectivity index (χ1n) is 5.12. The van der Waals surface area contributed by atoms with Crippen molar-refractivity contribution in [3.63, 3.8) is 0 Å². The number of hydrogen-bond donors (Lipinski definition) is 2. The fourth-order valence-corrected chi connectivity index (χ4v) is 1.33. The molecule has 0 aliphatic rings. The average molecular weight is 223 g/mol. The lowest BCUT2D eigenvalue weighted by atomic mass is 10.3. The summed E-state index contributed by atoms with van der Waals surface area (Å²) >= 11 is 5.15. The first-order valence-corrected chi connectivity index (χ1v) is 5.52. The van der Waals surface area contributed by atoms with Gasteiger partial charge in [-0.3, -0.25) is 0 Å². The van der Waals surface area contributed by atoms with Crippen molar-refractivity contribution in [1.82, 2.24) is 10.3 Å². The molecule has 0 aromatic carbocycles. The quantitative estimate of drug-likeness (QED) is 0.772. The van der Waals surface area contributed by atoms with Gasteiger partial charge in [-0.25, -0.2) is 4.98 Å². The van der Waals surface area contributed by atoms with E-state index in [1.165, 1.54) is 0 Å². The van der Waals surface area contributed by atoms with Crippen molar-refractivity contribution in [2.75, 3.05) is 5.32 Å². The molecule has 1 heterocycles. The Kier molecular flexibility index (Phi) is 4.49. The number of aromatic nitrogens is 1. The predicted octanol–water partition coefficient (Wildman–Crippen LogP) is 2.47. The summed E-state index contributed by atoms with van der Waals surface area (Å²) in [7, 11) is 0. The van der Waals surface area contributed by atoms with Crippen LogP contribution in [0.3, 0.4) is 0 Å². The Morgan fingerprint density at radius 1 is 1.53 bits per heavy atom. The first kappa shape index (κ1) is 11.9. The summed E-state index contributed by atoms with van der Waals surface area (Å²) < 4.78 is 0. The molecule has 1 atom stereocenters. The van der Waals surface area contributed by atoms with Gasteiger partial charge in [-0.15, -0.1) is 0 Å². The van der Waals surface area contributed by atoms with Crippen LogP contribution in [0, 0.1) is 6.92 Å². The van der Waals surface area contributed by atoms with Gasteiger partial charge in [0.1, 0.15) is 5.82 Å². The summed E-state index contributed by atoms with van der Waals surface area (Å²) in [6.07, 6.45) is 2.86. The zero-order chi connectivity index (χ0) is 11.3. The largest absolute Gasteiger partial charge is 0.360 e. The van der Waals surface area contributed by atoms with Crippen molar-refractivity contribution in [1.29, 1.82) is 0 Å². The molecule has 0 spiro atoms. The number of nitrogens with one attached hydrogen (secondary N) is 2. The minimum atomic E-state index is 0.385. The van der Waals surface area contributed by atoms with Gasteiger partial charge in [0, 0.05) is 12.2 Å². The highest BCUT2D eigenvalue weighted by atomic mass is 32.1. The summed E-state index contributed by atoms with van der Waals surface area (Å²) in [4.78, 5) is 4.21. The summed E-state index contributed by atoms with van der Waals surface area (Å²) in [5.74, 6) is 0.779. The average Bonchev–Trinajstić information content (AvgIpc) is 2.21. The Morgan fingerprint density at radius 3 is 2.80 bits per heavy atom. The Labute approximate surface area is 96.3 Å². The van der Waals surface area contributed by atoms with Gasteiger partial charge in [0.25, 0.3) is 0 Å². The molecule has 0 saturated heterocycles. The Hall–Kier alpha value is -1.16. The smallest absolute Gasteiger partial charge is 0.172 e. The molecule has 1 rings (SSSR count). The first-order chi connectivity index (χ1) is 7.11. The van der Waals surface area contributed by atoms with Crippen LogP contribution < -0.4 is 10.6 Å². The van der Waals surface area contributed by atoms with Crippen molar-refractivity contribution in [2.24, 2.45) is 0 Å². The summed E-state index contributed by atoms with van der Waals surface area (Å²) in [6.45, 7) is 6.22. The van der Waals surface area contributed by atoms with E-state index in [0.29, 0.717) is 11.2 Å². The fourth-order valence-electron chi connectivity index (χ4n) is 1.02. The molecule has 0 aliphatic heterocycles. The SMILES string of the molecule is CCC(C)NC(=S)Nc1ccc(C)cn1. The van der Waals surface area contributed by atoms with Crippen molar-refractivity contribution in [3.05, 3.63) is 23.9 Å². The van der Waals surface area contributed by atoms with Gasteiger partial charge in [0.05, 0.1) is 0 Å². The van der Waals surface area contributed by atoms with Crippen molar-refractivity contribution >= 4 is 23.1 Å². The Bertz CT molecular complexity index is 321. The standard InChI is InChI=1S/C11H17N3S/c1-4-9(3)13-11(15)14-10-6-5-8(2)7-12-10/h5-7,9H,4H2,1-3H3,(H2,12,13,14,15). The second-order valence-electron chi connectivity index (χ2n) is 3.63. The minimum absolute atomic E-state index is 0.385. The highest BCUT2D eigenvalue weighted by molar-refractivity contribution is 7.80. The summed E-state index contributed by atoms with van der Waals surface area (Å²) in [6, 6.07) is 4.30. The highest BCUT2D eigenvalue weighted by Gasteiger charge is 2.01. The van der Waals surface area contributed by atoms with E-state index in [4.69, 9.17) is 12.2 Å². The number of hydrogen-bond acceptors (Lipinski definition) is 2. The van der Waals surface area contributed by atoms with Crippen molar-refractivity contribution in [2.45, 2.75) is 33.2 Å². The maximum Gasteiger partial charge on any atom is 0.172 e. The lowest BCUT2D eigenvalue weighted by Gasteiger charge is -2.14. The second kappa shape index (κ2) is 5.66. The molecule has 3 nitrogen and oxygen atoms in total. The molecule has 2 N–H and O–H groups in total. The molecule has 0 radical (unpaired) electrons. The highest BCUT2D eigenvalue weighted by Crippen LogP contribution is 2.03.